The molecule has 0 saturated heterocycles. The molecule has 178 valence electrons. The molecule has 34 heavy (non-hydrogen) atoms. The summed E-state index contributed by atoms with van der Waals surface area (Å²) in [6.45, 7) is 7.19. The van der Waals surface area contributed by atoms with Crippen molar-refractivity contribution in [3.05, 3.63) is 94.0 Å². The Kier molecular flexibility index (Phi) is 9.11. The summed E-state index contributed by atoms with van der Waals surface area (Å²) in [6, 6.07) is 21.4. The van der Waals surface area contributed by atoms with Crippen LogP contribution in [0, 0.1) is 6.92 Å². The highest BCUT2D eigenvalue weighted by molar-refractivity contribution is 6.31. The maximum atomic E-state index is 12.8. The van der Waals surface area contributed by atoms with Gasteiger partial charge in [0.15, 0.2) is 0 Å². The zero-order valence-corrected chi connectivity index (χ0v) is 20.6. The quantitative estimate of drug-likeness (QED) is 0.325. The zero-order valence-electron chi connectivity index (χ0n) is 19.8. The van der Waals surface area contributed by atoms with Gasteiger partial charge in [0.2, 0.25) is 0 Å². The molecule has 0 atom stereocenters. The first-order valence-corrected chi connectivity index (χ1v) is 11.8. The molecule has 0 bridgehead atoms. The van der Waals surface area contributed by atoms with Crippen LogP contribution < -0.4 is 0 Å². The van der Waals surface area contributed by atoms with Crippen molar-refractivity contribution in [3.63, 3.8) is 0 Å². The molecule has 0 aliphatic carbocycles. The van der Waals surface area contributed by atoms with Crippen molar-refractivity contribution in [3.8, 4) is 11.1 Å². The van der Waals surface area contributed by atoms with Crippen LogP contribution >= 0.6 is 11.6 Å². The van der Waals surface area contributed by atoms with Crippen molar-refractivity contribution < 1.29 is 19.1 Å². The van der Waals surface area contributed by atoms with E-state index < -0.39 is 0 Å². The van der Waals surface area contributed by atoms with Crippen LogP contribution in [0.2, 0.25) is 5.02 Å². The Hall–Kier alpha value is -3.31. The molecule has 0 N–H and O–H groups in total. The Morgan fingerprint density at radius 2 is 1.68 bits per heavy atom. The number of rotatable bonds is 9. The Morgan fingerprint density at radius 1 is 0.912 bits per heavy atom. The van der Waals surface area contributed by atoms with Crippen molar-refractivity contribution >= 4 is 23.7 Å². The first-order chi connectivity index (χ1) is 16.4. The van der Waals surface area contributed by atoms with E-state index in [0.717, 1.165) is 27.8 Å². The number of halogens is 1. The molecular formula is C28H30ClNO4. The van der Waals surface area contributed by atoms with E-state index in [4.69, 9.17) is 21.1 Å². The van der Waals surface area contributed by atoms with Gasteiger partial charge < -0.3 is 14.4 Å². The highest BCUT2D eigenvalue weighted by atomic mass is 35.5. The average Bonchev–Trinajstić information content (AvgIpc) is 2.83. The van der Waals surface area contributed by atoms with E-state index in [2.05, 4.69) is 6.07 Å². The van der Waals surface area contributed by atoms with Gasteiger partial charge in [-0.3, -0.25) is 4.79 Å². The van der Waals surface area contributed by atoms with Crippen molar-refractivity contribution in [2.24, 2.45) is 0 Å². The molecule has 0 fully saturated rings. The fourth-order valence-corrected chi connectivity index (χ4v) is 3.89. The number of hydrogen-bond acceptors (Lipinski definition) is 4. The number of ether oxygens (including phenoxy) is 2. The number of hydrogen-bond donors (Lipinski definition) is 0. The summed E-state index contributed by atoms with van der Waals surface area (Å²) in [5.74, 6) is -0.316. The first kappa shape index (κ1) is 25.3. The molecule has 3 aromatic rings. The molecule has 0 heterocycles. The van der Waals surface area contributed by atoms with Gasteiger partial charge in [-0.15, -0.1) is 0 Å². The summed E-state index contributed by atoms with van der Waals surface area (Å²) >= 11 is 6.35. The lowest BCUT2D eigenvalue weighted by Gasteiger charge is -2.23. The van der Waals surface area contributed by atoms with E-state index in [1.807, 2.05) is 68.4 Å². The largest absolute Gasteiger partial charge is 0.466 e. The maximum absolute atomic E-state index is 12.8. The normalized spacial score (nSPS) is 10.6. The highest BCUT2D eigenvalue weighted by Crippen LogP contribution is 2.30. The lowest BCUT2D eigenvalue weighted by molar-refractivity contribution is -0.142. The standard InChI is InChI=1S/C28H30ClNO4/c1-4-30(28(32)34-19-21-9-7-6-8-10-21)18-24-15-20(3)11-13-25(24)22-12-14-26(29)23(16-22)17-27(31)33-5-2/h6-16H,4-5,17-19H2,1-3H3. The van der Waals surface area contributed by atoms with Crippen molar-refractivity contribution in [1.82, 2.24) is 4.90 Å². The summed E-state index contributed by atoms with van der Waals surface area (Å²) in [5, 5.41) is 0.519. The molecule has 0 saturated carbocycles. The molecule has 1 amide bonds. The Bertz CT molecular complexity index is 1130. The lowest BCUT2D eigenvalue weighted by Crippen LogP contribution is -2.31. The third kappa shape index (κ3) is 6.84. The second kappa shape index (κ2) is 12.2. The summed E-state index contributed by atoms with van der Waals surface area (Å²) < 4.78 is 10.6. The summed E-state index contributed by atoms with van der Waals surface area (Å²) in [4.78, 5) is 26.5. The van der Waals surface area contributed by atoms with Gasteiger partial charge in [-0.25, -0.2) is 4.79 Å². The topological polar surface area (TPSA) is 55.8 Å². The van der Waals surface area contributed by atoms with Crippen LogP contribution in [0.1, 0.15) is 36.1 Å². The minimum atomic E-state index is -0.363. The molecular weight excluding hydrogens is 450 g/mol. The van der Waals surface area contributed by atoms with Crippen LogP contribution in [0.3, 0.4) is 0 Å². The number of carbonyl (C=O) groups is 2. The summed E-state index contributed by atoms with van der Waals surface area (Å²) in [5.41, 5.74) is 5.63. The van der Waals surface area contributed by atoms with Crippen molar-refractivity contribution in [2.75, 3.05) is 13.2 Å². The van der Waals surface area contributed by atoms with Crippen LogP contribution in [-0.4, -0.2) is 30.1 Å². The first-order valence-electron chi connectivity index (χ1n) is 11.4. The second-order valence-electron chi connectivity index (χ2n) is 8.00. The van der Waals surface area contributed by atoms with E-state index in [-0.39, 0.29) is 25.1 Å². The van der Waals surface area contributed by atoms with Crippen LogP contribution in [0.25, 0.3) is 11.1 Å². The molecule has 6 heteroatoms. The third-order valence-electron chi connectivity index (χ3n) is 5.46. The Labute approximate surface area is 206 Å². The van der Waals surface area contributed by atoms with Crippen LogP contribution in [0.4, 0.5) is 4.79 Å². The second-order valence-corrected chi connectivity index (χ2v) is 8.41. The smallest absolute Gasteiger partial charge is 0.410 e. The van der Waals surface area contributed by atoms with Gasteiger partial charge in [-0.05, 0) is 60.7 Å². The van der Waals surface area contributed by atoms with E-state index in [1.165, 1.54) is 0 Å². The minimum absolute atomic E-state index is 0.106. The molecule has 0 aromatic heterocycles. The van der Waals surface area contributed by atoms with Crippen molar-refractivity contribution in [2.45, 2.75) is 40.3 Å². The van der Waals surface area contributed by atoms with Crippen molar-refractivity contribution in [1.29, 1.82) is 0 Å². The van der Waals surface area contributed by atoms with E-state index >= 15 is 0 Å². The molecule has 5 nitrogen and oxygen atoms in total. The Morgan fingerprint density at radius 3 is 2.38 bits per heavy atom. The number of esters is 1. The molecule has 0 radical (unpaired) electrons. The maximum Gasteiger partial charge on any atom is 0.410 e. The minimum Gasteiger partial charge on any atom is -0.466 e. The third-order valence-corrected chi connectivity index (χ3v) is 5.83. The average molecular weight is 480 g/mol. The zero-order chi connectivity index (χ0) is 24.5. The Balaban J connectivity index is 1.82. The molecule has 3 rings (SSSR count). The number of aryl methyl sites for hydroxylation is 1. The van der Waals surface area contributed by atoms with Crippen LogP contribution in [0.15, 0.2) is 66.7 Å². The SMILES string of the molecule is CCOC(=O)Cc1cc(-c2ccc(C)cc2CN(CC)C(=O)OCc2ccccc2)ccc1Cl. The van der Waals surface area contributed by atoms with E-state index in [9.17, 15) is 9.59 Å². The predicted octanol–water partition coefficient (Wildman–Crippen LogP) is 6.58. The van der Waals surface area contributed by atoms with Gasteiger partial charge >= 0.3 is 12.1 Å². The molecule has 0 unspecified atom stereocenters. The number of amides is 1. The summed E-state index contributed by atoms with van der Waals surface area (Å²) in [6.07, 6.45) is -0.257. The van der Waals surface area contributed by atoms with Crippen LogP contribution in [0.5, 0.6) is 0 Å². The predicted molar refractivity (Wildman–Crippen MR) is 135 cm³/mol. The monoisotopic (exact) mass is 479 g/mol. The van der Waals surface area contributed by atoms with Gasteiger partial charge in [0.25, 0.3) is 0 Å². The highest BCUT2D eigenvalue weighted by Gasteiger charge is 2.17. The van der Waals surface area contributed by atoms with Gasteiger partial charge in [0.1, 0.15) is 6.61 Å². The van der Waals surface area contributed by atoms with Gasteiger partial charge in [-0.1, -0.05) is 71.8 Å². The van der Waals surface area contributed by atoms with Crippen LogP contribution in [-0.2, 0) is 33.8 Å². The van der Waals surface area contributed by atoms with E-state index in [0.29, 0.717) is 30.3 Å². The number of carbonyl (C=O) groups excluding carboxylic acids is 2. The molecule has 0 spiro atoms. The van der Waals surface area contributed by atoms with Gasteiger partial charge in [0.05, 0.1) is 13.0 Å². The lowest BCUT2D eigenvalue weighted by atomic mass is 9.95. The molecule has 0 aliphatic heterocycles. The summed E-state index contributed by atoms with van der Waals surface area (Å²) in [7, 11) is 0. The fraction of sp³-hybridized carbons (Fsp3) is 0.286. The number of benzene rings is 3. The van der Waals surface area contributed by atoms with E-state index in [1.54, 1.807) is 17.9 Å². The van der Waals surface area contributed by atoms with Gasteiger partial charge in [-0.2, -0.15) is 0 Å². The fourth-order valence-electron chi connectivity index (χ4n) is 3.70. The number of nitrogens with zero attached hydrogens (tertiary/aromatic N) is 1. The molecule has 0 aliphatic rings. The molecule has 3 aromatic carbocycles. The van der Waals surface area contributed by atoms with Gasteiger partial charge in [0, 0.05) is 18.1 Å².